The van der Waals surface area contributed by atoms with E-state index in [0.717, 1.165) is 0 Å². The van der Waals surface area contributed by atoms with Gasteiger partial charge in [0, 0.05) is 5.69 Å². The highest BCUT2D eigenvalue weighted by Crippen LogP contribution is 2.24. The van der Waals surface area contributed by atoms with Crippen molar-refractivity contribution in [3.63, 3.8) is 0 Å². The summed E-state index contributed by atoms with van der Waals surface area (Å²) < 4.78 is 0. The summed E-state index contributed by atoms with van der Waals surface area (Å²) in [6.45, 7) is -0.400. The number of carboxylic acid groups (broad SMARTS) is 1. The number of carboxylic acids is 1. The second-order valence-electron chi connectivity index (χ2n) is 3.32. The second-order valence-corrected chi connectivity index (χ2v) is 4.13. The fourth-order valence-corrected chi connectivity index (χ4v) is 1.32. The number of rotatable bonds is 4. The molecule has 0 aliphatic carbocycles. The van der Waals surface area contributed by atoms with Crippen LogP contribution in [0.5, 0.6) is 0 Å². The Hall–Kier alpha value is -1.50. The first-order chi connectivity index (χ1) is 8.40. The topological polar surface area (TPSA) is 98.7 Å². The quantitative estimate of drug-likeness (QED) is 0.677. The number of nitrogens with one attached hydrogen (secondary N) is 2. The number of anilines is 1. The van der Waals surface area contributed by atoms with Crippen LogP contribution in [0.3, 0.4) is 0 Å². The molecule has 6 nitrogen and oxygen atoms in total. The Balaban J connectivity index is 2.49. The van der Waals surface area contributed by atoms with Crippen molar-refractivity contribution in [1.29, 1.82) is 0 Å². The molecule has 98 valence electrons. The van der Waals surface area contributed by atoms with E-state index < -0.39 is 24.6 Å². The minimum absolute atomic E-state index is 0.278. The largest absolute Gasteiger partial charge is 0.479 e. The smallest absolute Gasteiger partial charge is 0.334 e. The van der Waals surface area contributed by atoms with Crippen molar-refractivity contribution in [2.75, 3.05) is 11.9 Å². The zero-order valence-corrected chi connectivity index (χ0v) is 10.5. The zero-order chi connectivity index (χ0) is 13.7. The Bertz CT molecular complexity index is 467. The lowest BCUT2D eigenvalue weighted by atomic mass is 10.3. The zero-order valence-electron chi connectivity index (χ0n) is 8.98. The van der Waals surface area contributed by atoms with E-state index in [2.05, 4.69) is 10.6 Å². The van der Waals surface area contributed by atoms with Gasteiger partial charge < -0.3 is 20.8 Å². The summed E-state index contributed by atoms with van der Waals surface area (Å²) in [5.41, 5.74) is 0.395. The minimum atomic E-state index is -1.65. The number of aliphatic carboxylic acids is 1. The van der Waals surface area contributed by atoms with Crippen molar-refractivity contribution in [2.45, 2.75) is 6.10 Å². The highest BCUT2D eigenvalue weighted by Gasteiger charge is 2.14. The van der Waals surface area contributed by atoms with Crippen LogP contribution >= 0.6 is 23.2 Å². The lowest BCUT2D eigenvalue weighted by Crippen LogP contribution is -2.38. The van der Waals surface area contributed by atoms with Crippen LogP contribution in [0.1, 0.15) is 0 Å². The SMILES string of the molecule is O=C(NCC(O)C(=O)O)Nc1ccc(Cl)c(Cl)c1. The molecule has 0 heterocycles. The Morgan fingerprint density at radius 3 is 2.50 bits per heavy atom. The summed E-state index contributed by atoms with van der Waals surface area (Å²) in [6, 6.07) is 3.82. The predicted octanol–water partition coefficient (Wildman–Crippen LogP) is 1.56. The molecular formula is C10H10Cl2N2O4. The molecule has 18 heavy (non-hydrogen) atoms. The van der Waals surface area contributed by atoms with Gasteiger partial charge in [-0.25, -0.2) is 9.59 Å². The fraction of sp³-hybridized carbons (Fsp3) is 0.200. The molecule has 1 aromatic carbocycles. The van der Waals surface area contributed by atoms with Gasteiger partial charge in [0.2, 0.25) is 0 Å². The third-order valence-electron chi connectivity index (χ3n) is 1.92. The normalized spacial score (nSPS) is 11.7. The standard InChI is InChI=1S/C10H10Cl2N2O4/c11-6-2-1-5(3-7(6)12)14-10(18)13-4-8(15)9(16)17/h1-3,8,15H,4H2,(H,16,17)(H2,13,14,18). The van der Waals surface area contributed by atoms with Gasteiger partial charge in [0.15, 0.2) is 6.10 Å². The molecule has 0 saturated carbocycles. The maximum Gasteiger partial charge on any atom is 0.334 e. The Morgan fingerprint density at radius 1 is 1.28 bits per heavy atom. The molecule has 8 heteroatoms. The van der Waals surface area contributed by atoms with Crippen molar-refractivity contribution in [3.8, 4) is 0 Å². The van der Waals surface area contributed by atoms with Crippen molar-refractivity contribution >= 4 is 40.9 Å². The van der Waals surface area contributed by atoms with Crippen LogP contribution in [0.25, 0.3) is 0 Å². The number of carbonyl (C=O) groups is 2. The molecule has 1 aromatic rings. The Labute approximate surface area is 113 Å². The molecule has 0 spiro atoms. The van der Waals surface area contributed by atoms with Gasteiger partial charge in [-0.1, -0.05) is 23.2 Å². The summed E-state index contributed by atoms with van der Waals surface area (Å²) in [7, 11) is 0. The van der Waals surface area contributed by atoms with E-state index in [9.17, 15) is 9.59 Å². The average molecular weight is 293 g/mol. The van der Waals surface area contributed by atoms with Gasteiger partial charge in [0.1, 0.15) is 0 Å². The number of hydrogen-bond acceptors (Lipinski definition) is 3. The number of aliphatic hydroxyl groups excluding tert-OH is 1. The van der Waals surface area contributed by atoms with Crippen molar-refractivity contribution < 1.29 is 19.8 Å². The minimum Gasteiger partial charge on any atom is -0.479 e. The predicted molar refractivity (Wildman–Crippen MR) is 67.1 cm³/mol. The maximum atomic E-state index is 11.3. The summed E-state index contributed by atoms with van der Waals surface area (Å²) in [5.74, 6) is -1.41. The lowest BCUT2D eigenvalue weighted by molar-refractivity contribution is -0.146. The molecule has 0 aromatic heterocycles. The number of aliphatic hydroxyl groups is 1. The highest BCUT2D eigenvalue weighted by atomic mass is 35.5. The third-order valence-corrected chi connectivity index (χ3v) is 2.66. The van der Waals surface area contributed by atoms with Gasteiger partial charge in [-0.3, -0.25) is 0 Å². The molecule has 0 fully saturated rings. The summed E-state index contributed by atoms with van der Waals surface area (Å²) in [5, 5.41) is 22.6. The highest BCUT2D eigenvalue weighted by molar-refractivity contribution is 6.42. The number of benzene rings is 1. The number of carbonyl (C=O) groups excluding carboxylic acids is 1. The van der Waals surface area contributed by atoms with Crippen LogP contribution in [0, 0.1) is 0 Å². The molecule has 1 unspecified atom stereocenters. The first-order valence-electron chi connectivity index (χ1n) is 4.81. The first kappa shape index (κ1) is 14.6. The molecule has 0 saturated heterocycles. The molecule has 0 radical (unpaired) electrons. The number of urea groups is 1. The van der Waals surface area contributed by atoms with Gasteiger partial charge in [-0.05, 0) is 18.2 Å². The molecule has 0 aliphatic rings. The van der Waals surface area contributed by atoms with Crippen LogP contribution in [0.15, 0.2) is 18.2 Å². The van der Waals surface area contributed by atoms with Gasteiger partial charge in [0.05, 0.1) is 16.6 Å². The van der Waals surface area contributed by atoms with E-state index in [-0.39, 0.29) is 5.02 Å². The van der Waals surface area contributed by atoms with Crippen LogP contribution in [0.4, 0.5) is 10.5 Å². The van der Waals surface area contributed by atoms with E-state index in [4.69, 9.17) is 33.4 Å². The van der Waals surface area contributed by atoms with E-state index >= 15 is 0 Å². The van der Waals surface area contributed by atoms with Gasteiger partial charge in [-0.15, -0.1) is 0 Å². The molecule has 0 aliphatic heterocycles. The van der Waals surface area contributed by atoms with E-state index in [1.165, 1.54) is 18.2 Å². The van der Waals surface area contributed by atoms with Crippen molar-refractivity contribution in [3.05, 3.63) is 28.2 Å². The lowest BCUT2D eigenvalue weighted by Gasteiger charge is -2.09. The number of halogens is 2. The van der Waals surface area contributed by atoms with Crippen molar-refractivity contribution in [2.24, 2.45) is 0 Å². The van der Waals surface area contributed by atoms with E-state index in [0.29, 0.717) is 10.7 Å². The second kappa shape index (κ2) is 6.44. The Kier molecular flexibility index (Phi) is 5.21. The number of hydrogen-bond donors (Lipinski definition) is 4. The first-order valence-corrected chi connectivity index (χ1v) is 5.56. The summed E-state index contributed by atoms with van der Waals surface area (Å²) >= 11 is 11.4. The van der Waals surface area contributed by atoms with Crippen molar-refractivity contribution in [1.82, 2.24) is 5.32 Å². The third kappa shape index (κ3) is 4.40. The van der Waals surface area contributed by atoms with E-state index in [1.54, 1.807) is 0 Å². The molecule has 1 rings (SSSR count). The van der Waals surface area contributed by atoms with Crippen LogP contribution in [0.2, 0.25) is 10.0 Å². The Morgan fingerprint density at radius 2 is 1.94 bits per heavy atom. The summed E-state index contributed by atoms with van der Waals surface area (Å²) in [4.78, 5) is 21.6. The van der Waals surface area contributed by atoms with Gasteiger partial charge in [0.25, 0.3) is 0 Å². The fourth-order valence-electron chi connectivity index (χ4n) is 1.03. The van der Waals surface area contributed by atoms with Crippen LogP contribution in [-0.4, -0.2) is 34.9 Å². The van der Waals surface area contributed by atoms with E-state index in [1.807, 2.05) is 0 Å². The molecular weight excluding hydrogens is 283 g/mol. The molecule has 0 bridgehead atoms. The van der Waals surface area contributed by atoms with Gasteiger partial charge >= 0.3 is 12.0 Å². The van der Waals surface area contributed by atoms with Crippen LogP contribution < -0.4 is 10.6 Å². The summed E-state index contributed by atoms with van der Waals surface area (Å²) in [6.07, 6.45) is -1.65. The molecule has 4 N–H and O–H groups in total. The number of amides is 2. The molecule has 2 amide bonds. The monoisotopic (exact) mass is 292 g/mol. The van der Waals surface area contributed by atoms with Gasteiger partial charge in [-0.2, -0.15) is 0 Å². The average Bonchev–Trinajstić information content (AvgIpc) is 2.30. The van der Waals surface area contributed by atoms with Crippen LogP contribution in [-0.2, 0) is 4.79 Å². The maximum absolute atomic E-state index is 11.3. The molecule has 1 atom stereocenters.